The van der Waals surface area contributed by atoms with E-state index in [4.69, 9.17) is 0 Å². The van der Waals surface area contributed by atoms with Crippen LogP contribution in [0.15, 0.2) is 72.0 Å². The predicted molar refractivity (Wildman–Crippen MR) is 111 cm³/mol. The molecule has 3 aromatic rings. The molecule has 0 spiro atoms. The van der Waals surface area contributed by atoms with Crippen LogP contribution in [0.5, 0.6) is 0 Å². The van der Waals surface area contributed by atoms with Crippen molar-refractivity contribution >= 4 is 39.7 Å². The van der Waals surface area contributed by atoms with Gasteiger partial charge >= 0.3 is 0 Å². The van der Waals surface area contributed by atoms with Gasteiger partial charge in [0.2, 0.25) is 5.91 Å². The molecule has 1 aromatic heterocycles. The third-order valence-corrected chi connectivity index (χ3v) is 5.20. The van der Waals surface area contributed by atoms with Gasteiger partial charge in [-0.15, -0.1) is 11.3 Å². The molecular weight excluding hydrogens is 372 g/mol. The van der Waals surface area contributed by atoms with Crippen LogP contribution in [0, 0.1) is 0 Å². The molecule has 0 atom stereocenters. The largest absolute Gasteiger partial charge is 0.297 e. The van der Waals surface area contributed by atoms with Gasteiger partial charge < -0.3 is 0 Å². The zero-order valence-electron chi connectivity index (χ0n) is 15.0. The topological polar surface area (TPSA) is 74.7 Å². The molecule has 0 aliphatic carbocycles. The van der Waals surface area contributed by atoms with Gasteiger partial charge in [-0.3, -0.25) is 14.9 Å². The van der Waals surface area contributed by atoms with Gasteiger partial charge in [0.1, 0.15) is 5.71 Å². The van der Waals surface area contributed by atoms with Gasteiger partial charge in [0, 0.05) is 30.3 Å². The number of benzene rings is 2. The average molecular weight is 390 g/mol. The summed E-state index contributed by atoms with van der Waals surface area (Å²) in [6.07, 6.45) is 3.11. The van der Waals surface area contributed by atoms with E-state index >= 15 is 0 Å². The first kappa shape index (κ1) is 18.1. The third-order valence-electron chi connectivity index (χ3n) is 4.29. The molecule has 0 fully saturated rings. The molecule has 140 valence electrons. The van der Waals surface area contributed by atoms with Crippen LogP contribution < -0.4 is 10.3 Å². The van der Waals surface area contributed by atoms with Crippen molar-refractivity contribution in [1.29, 1.82) is 0 Å². The summed E-state index contributed by atoms with van der Waals surface area (Å²) in [5.41, 5.74) is 2.16. The Kier molecular flexibility index (Phi) is 5.25. The van der Waals surface area contributed by atoms with Gasteiger partial charge in [-0.05, 0) is 17.7 Å². The molecule has 0 unspecified atom stereocenters. The molecular formula is C21H18N4O2S. The van der Waals surface area contributed by atoms with Gasteiger partial charge in [0.25, 0.3) is 5.91 Å². The van der Waals surface area contributed by atoms with Crippen LogP contribution in [0.25, 0.3) is 0 Å². The Morgan fingerprint density at radius 3 is 2.50 bits per heavy atom. The molecule has 6 nitrogen and oxygen atoms in total. The summed E-state index contributed by atoms with van der Waals surface area (Å²) in [5.74, 6) is -0.448. The highest BCUT2D eigenvalue weighted by molar-refractivity contribution is 7.15. The number of para-hydroxylation sites is 1. The van der Waals surface area contributed by atoms with Crippen LogP contribution in [-0.2, 0) is 16.0 Å². The minimum Gasteiger partial charge on any atom is -0.297 e. The van der Waals surface area contributed by atoms with E-state index in [-0.39, 0.29) is 18.2 Å². The molecule has 2 amide bonds. The summed E-state index contributed by atoms with van der Waals surface area (Å²) in [7, 11) is 0. The van der Waals surface area contributed by atoms with Crippen molar-refractivity contribution in [1.82, 2.24) is 4.98 Å². The van der Waals surface area contributed by atoms with Crippen LogP contribution in [0.3, 0.4) is 0 Å². The number of aromatic nitrogens is 1. The van der Waals surface area contributed by atoms with Crippen molar-refractivity contribution in [2.75, 3.05) is 10.3 Å². The van der Waals surface area contributed by atoms with Gasteiger partial charge in [-0.2, -0.15) is 5.10 Å². The lowest BCUT2D eigenvalue weighted by Crippen LogP contribution is -2.36. The first-order chi connectivity index (χ1) is 13.7. The molecule has 4 rings (SSSR count). The van der Waals surface area contributed by atoms with E-state index in [1.165, 1.54) is 21.9 Å². The Morgan fingerprint density at radius 1 is 1.04 bits per heavy atom. The van der Waals surface area contributed by atoms with E-state index in [1.807, 2.05) is 36.4 Å². The summed E-state index contributed by atoms with van der Waals surface area (Å²) < 4.78 is 0. The van der Waals surface area contributed by atoms with E-state index in [9.17, 15) is 9.59 Å². The number of nitrogens with zero attached hydrogens (tertiary/aromatic N) is 3. The second kappa shape index (κ2) is 8.14. The monoisotopic (exact) mass is 390 g/mol. The minimum atomic E-state index is -0.325. The van der Waals surface area contributed by atoms with E-state index in [2.05, 4.69) is 27.5 Å². The quantitative estimate of drug-likeness (QED) is 0.719. The van der Waals surface area contributed by atoms with Crippen molar-refractivity contribution in [3.05, 3.63) is 77.3 Å². The van der Waals surface area contributed by atoms with E-state index in [1.54, 1.807) is 18.3 Å². The first-order valence-electron chi connectivity index (χ1n) is 8.94. The van der Waals surface area contributed by atoms with Gasteiger partial charge in [0.05, 0.1) is 5.69 Å². The highest BCUT2D eigenvalue weighted by Gasteiger charge is 2.26. The van der Waals surface area contributed by atoms with E-state index in [0.29, 0.717) is 23.0 Å². The number of carbonyl (C=O) groups is 2. The molecule has 1 N–H and O–H groups in total. The number of rotatable bonds is 5. The van der Waals surface area contributed by atoms with Crippen LogP contribution in [0.1, 0.15) is 23.3 Å². The Balaban J connectivity index is 1.45. The second-order valence-corrected chi connectivity index (χ2v) is 7.45. The number of amides is 2. The lowest BCUT2D eigenvalue weighted by Gasteiger charge is -2.22. The Hall–Kier alpha value is -3.32. The molecule has 1 aliphatic rings. The summed E-state index contributed by atoms with van der Waals surface area (Å²) >= 11 is 1.44. The predicted octanol–water partition coefficient (Wildman–Crippen LogP) is 3.86. The van der Waals surface area contributed by atoms with Crippen molar-refractivity contribution in [2.24, 2.45) is 5.10 Å². The molecule has 0 saturated heterocycles. The number of nitrogens with one attached hydrogen (secondary N) is 1. The fraction of sp³-hybridized carbons (Fsp3) is 0.143. The number of anilines is 2. The van der Waals surface area contributed by atoms with Crippen molar-refractivity contribution in [3.63, 3.8) is 0 Å². The van der Waals surface area contributed by atoms with Crippen molar-refractivity contribution in [2.45, 2.75) is 19.3 Å². The maximum Gasteiger partial charge on any atom is 0.273 e. The van der Waals surface area contributed by atoms with Gasteiger partial charge in [0.15, 0.2) is 5.13 Å². The normalized spacial score (nSPS) is 13.9. The minimum absolute atomic E-state index is 0.123. The summed E-state index contributed by atoms with van der Waals surface area (Å²) in [4.78, 5) is 30.1. The average Bonchev–Trinajstić information content (AvgIpc) is 3.16. The Morgan fingerprint density at radius 2 is 1.75 bits per heavy atom. The smallest absolute Gasteiger partial charge is 0.273 e. The summed E-state index contributed by atoms with van der Waals surface area (Å²) in [5, 5.41) is 8.90. The zero-order valence-corrected chi connectivity index (χ0v) is 15.9. The fourth-order valence-corrected chi connectivity index (χ4v) is 3.74. The molecule has 2 aromatic carbocycles. The van der Waals surface area contributed by atoms with Crippen LogP contribution >= 0.6 is 11.3 Å². The molecule has 28 heavy (non-hydrogen) atoms. The SMILES string of the molecule is O=C(Nc1ncc(Cc2ccccc2)s1)C1=NN(c2ccccc2)C(=O)CC1. The zero-order chi connectivity index (χ0) is 19.3. The van der Waals surface area contributed by atoms with E-state index < -0.39 is 0 Å². The lowest BCUT2D eigenvalue weighted by atomic mass is 10.1. The molecule has 0 radical (unpaired) electrons. The molecule has 1 aliphatic heterocycles. The number of carbonyl (C=O) groups excluding carboxylic acids is 2. The van der Waals surface area contributed by atoms with Crippen molar-refractivity contribution in [3.8, 4) is 0 Å². The molecule has 2 heterocycles. The number of hydrogen-bond acceptors (Lipinski definition) is 5. The summed E-state index contributed by atoms with van der Waals surface area (Å²) in [6.45, 7) is 0. The standard InChI is InChI=1S/C21H18N4O2S/c26-19-12-11-18(24-25(19)16-9-5-2-6-10-16)20(27)23-21-22-14-17(28-21)13-15-7-3-1-4-8-15/h1-10,14H,11-13H2,(H,22,23,27). The highest BCUT2D eigenvalue weighted by Crippen LogP contribution is 2.23. The van der Waals surface area contributed by atoms with Gasteiger partial charge in [-0.1, -0.05) is 48.5 Å². The van der Waals surface area contributed by atoms with Crippen LogP contribution in [0.2, 0.25) is 0 Å². The number of thiazole rings is 1. The first-order valence-corrected chi connectivity index (χ1v) is 9.76. The lowest BCUT2D eigenvalue weighted by molar-refractivity contribution is -0.118. The van der Waals surface area contributed by atoms with Crippen LogP contribution in [0.4, 0.5) is 10.8 Å². The second-order valence-electron chi connectivity index (χ2n) is 6.34. The summed E-state index contributed by atoms with van der Waals surface area (Å²) in [6, 6.07) is 19.2. The van der Waals surface area contributed by atoms with Crippen LogP contribution in [-0.4, -0.2) is 22.5 Å². The molecule has 0 bridgehead atoms. The van der Waals surface area contributed by atoms with Gasteiger partial charge in [-0.25, -0.2) is 9.99 Å². The molecule has 0 saturated carbocycles. The number of hydrogen-bond donors (Lipinski definition) is 1. The molecule has 7 heteroatoms. The number of hydrazone groups is 1. The maximum atomic E-state index is 12.6. The Bertz CT molecular complexity index is 1020. The highest BCUT2D eigenvalue weighted by atomic mass is 32.1. The maximum absolute atomic E-state index is 12.6. The van der Waals surface area contributed by atoms with E-state index in [0.717, 1.165) is 11.3 Å². The third kappa shape index (κ3) is 4.15. The Labute approximate surface area is 166 Å². The fourth-order valence-electron chi connectivity index (χ4n) is 2.90. The van der Waals surface area contributed by atoms with Crippen molar-refractivity contribution < 1.29 is 9.59 Å².